The van der Waals surface area contributed by atoms with Gasteiger partial charge in [-0.1, -0.05) is 6.07 Å². The number of piperidine rings is 1. The highest BCUT2D eigenvalue weighted by Crippen LogP contribution is 2.33. The van der Waals surface area contributed by atoms with E-state index >= 15 is 0 Å². The number of aromatic nitrogens is 1. The van der Waals surface area contributed by atoms with E-state index in [9.17, 15) is 49.4 Å². The minimum Gasteiger partial charge on any atom is -0.475 e. The second-order valence-electron chi connectivity index (χ2n) is 8.97. The van der Waals surface area contributed by atoms with Crippen molar-refractivity contribution in [2.24, 2.45) is 0 Å². The molecule has 1 aromatic rings. The summed E-state index contributed by atoms with van der Waals surface area (Å²) in [4.78, 5) is 50.4. The summed E-state index contributed by atoms with van der Waals surface area (Å²) in [6, 6.07) is 5.99. The van der Waals surface area contributed by atoms with Gasteiger partial charge in [0.25, 0.3) is 0 Å². The van der Waals surface area contributed by atoms with E-state index < -0.39 is 36.4 Å². The number of hydrogen-bond donors (Lipinski definition) is 4. The van der Waals surface area contributed by atoms with Crippen LogP contribution in [0, 0.1) is 0 Å². The number of aliphatic hydroxyl groups is 1. The Morgan fingerprint density at radius 2 is 1.25 bits per heavy atom. The van der Waals surface area contributed by atoms with Crippen molar-refractivity contribution in [1.82, 2.24) is 19.7 Å². The van der Waals surface area contributed by atoms with E-state index in [2.05, 4.69) is 21.8 Å². The number of amides is 1. The molecule has 4 N–H and O–H groups in total. The smallest absolute Gasteiger partial charge is 0.475 e. The van der Waals surface area contributed by atoms with E-state index in [0.717, 1.165) is 51.3 Å². The number of carbonyl (C=O) groups excluding carboxylic acids is 1. The Morgan fingerprint density at radius 1 is 0.818 bits per heavy atom. The largest absolute Gasteiger partial charge is 0.490 e. The van der Waals surface area contributed by atoms with Crippen LogP contribution in [0.2, 0.25) is 0 Å². The van der Waals surface area contributed by atoms with Crippen LogP contribution in [0.1, 0.15) is 18.5 Å². The molecule has 252 valence electrons. The molecule has 3 rings (SSSR count). The first-order chi connectivity index (χ1) is 20.0. The Bertz CT molecular complexity index is 1020. The molecule has 0 atom stereocenters. The Kier molecular flexibility index (Phi) is 15.5. The predicted molar refractivity (Wildman–Crippen MR) is 129 cm³/mol. The molecule has 2 saturated heterocycles. The summed E-state index contributed by atoms with van der Waals surface area (Å²) >= 11 is 0. The predicted octanol–water partition coefficient (Wildman–Crippen LogP) is 2.08. The van der Waals surface area contributed by atoms with Crippen LogP contribution in [0.5, 0.6) is 0 Å². The number of carbonyl (C=O) groups is 4. The number of alkyl halides is 9. The molecule has 1 amide bonds. The molecule has 2 fully saturated rings. The van der Waals surface area contributed by atoms with Gasteiger partial charge in [-0.25, -0.2) is 14.4 Å². The van der Waals surface area contributed by atoms with Crippen molar-refractivity contribution in [2.45, 2.75) is 43.5 Å². The number of carboxylic acid groups (broad SMARTS) is 3. The number of β-amino-alcohol motifs (C(OH)–C–C–N with tert-alkyl or cyclic N) is 1. The molecule has 21 heteroatoms. The van der Waals surface area contributed by atoms with Crippen molar-refractivity contribution in [3.05, 3.63) is 30.1 Å². The summed E-state index contributed by atoms with van der Waals surface area (Å²) in [6.07, 6.45) is -11.7. The fraction of sp³-hybridized carbons (Fsp3) is 0.609. The third kappa shape index (κ3) is 13.7. The van der Waals surface area contributed by atoms with Gasteiger partial charge in [0.05, 0.1) is 12.3 Å². The Morgan fingerprint density at radius 3 is 1.59 bits per heavy atom. The number of rotatable bonds is 4. The lowest BCUT2D eigenvalue weighted by atomic mass is 9.82. The van der Waals surface area contributed by atoms with Gasteiger partial charge in [0.15, 0.2) is 0 Å². The standard InChI is InChI=1S/C17H26N4O2.3C2HF3O2/c1-19-10-11-21(12-13-22)16(23)17(19)5-8-20(9-6-17)14-15-4-2-3-7-18-15;3*3-2(4,5)1(6)7/h2-4,7,22H,5-6,8-14H2,1H3;3*(H,6,7). The lowest BCUT2D eigenvalue weighted by Crippen LogP contribution is -2.67. The maximum absolute atomic E-state index is 12.9. The van der Waals surface area contributed by atoms with Gasteiger partial charge in [-0.2, -0.15) is 39.5 Å². The number of aliphatic carboxylic acids is 3. The molecule has 0 radical (unpaired) electrons. The minimum atomic E-state index is -5.08. The minimum absolute atomic E-state index is 0.0390. The molecule has 12 nitrogen and oxygen atoms in total. The van der Waals surface area contributed by atoms with Crippen molar-refractivity contribution < 1.29 is 79.1 Å². The zero-order chi connectivity index (χ0) is 34.5. The zero-order valence-corrected chi connectivity index (χ0v) is 22.8. The molecular formula is C23H29F9N4O8. The number of hydrogen-bond acceptors (Lipinski definition) is 8. The number of likely N-dealkylation sites (tertiary alicyclic amines) is 1. The van der Waals surface area contributed by atoms with Gasteiger partial charge in [0.1, 0.15) is 5.54 Å². The highest BCUT2D eigenvalue weighted by molar-refractivity contribution is 5.87. The van der Waals surface area contributed by atoms with Crippen molar-refractivity contribution in [1.29, 1.82) is 0 Å². The molecule has 2 aliphatic rings. The van der Waals surface area contributed by atoms with Crippen LogP contribution in [-0.4, -0.2) is 134 Å². The van der Waals surface area contributed by atoms with Crippen molar-refractivity contribution >= 4 is 23.8 Å². The molecule has 0 aromatic carbocycles. The number of halogens is 9. The van der Waals surface area contributed by atoms with E-state index in [1.807, 2.05) is 29.3 Å². The van der Waals surface area contributed by atoms with Gasteiger partial charge in [0.2, 0.25) is 5.91 Å². The summed E-state index contributed by atoms with van der Waals surface area (Å²) in [7, 11) is 2.06. The second kappa shape index (κ2) is 16.9. The van der Waals surface area contributed by atoms with Gasteiger partial charge in [0, 0.05) is 45.5 Å². The number of nitrogens with zero attached hydrogens (tertiary/aromatic N) is 4. The third-order valence-electron chi connectivity index (χ3n) is 6.01. The summed E-state index contributed by atoms with van der Waals surface area (Å²) in [5.41, 5.74) is 0.697. The number of piperazine rings is 1. The lowest BCUT2D eigenvalue weighted by molar-refractivity contribution is -0.193. The average molecular weight is 660 g/mol. The normalized spacial score (nSPS) is 17.2. The fourth-order valence-electron chi connectivity index (χ4n) is 3.78. The molecule has 3 heterocycles. The van der Waals surface area contributed by atoms with Gasteiger partial charge >= 0.3 is 36.4 Å². The topological polar surface area (TPSA) is 172 Å². The van der Waals surface area contributed by atoms with Crippen LogP contribution in [0.25, 0.3) is 0 Å². The van der Waals surface area contributed by atoms with Gasteiger partial charge < -0.3 is 25.3 Å². The molecule has 0 saturated carbocycles. The van der Waals surface area contributed by atoms with E-state index in [-0.39, 0.29) is 18.1 Å². The molecule has 44 heavy (non-hydrogen) atoms. The molecule has 1 spiro atoms. The SMILES string of the molecule is CN1CCN(CCO)C(=O)C12CCN(Cc1ccccn1)CC2.O=C(O)C(F)(F)F.O=C(O)C(F)(F)F.O=C(O)C(F)(F)F. The Balaban J connectivity index is 0.000000721. The summed E-state index contributed by atoms with van der Waals surface area (Å²) < 4.78 is 95.2. The summed E-state index contributed by atoms with van der Waals surface area (Å²) in [6.45, 7) is 4.74. The summed E-state index contributed by atoms with van der Waals surface area (Å²) in [5, 5.41) is 30.5. The van der Waals surface area contributed by atoms with Crippen molar-refractivity contribution in [2.75, 3.05) is 46.4 Å². The van der Waals surface area contributed by atoms with Crippen LogP contribution in [0.3, 0.4) is 0 Å². The maximum atomic E-state index is 12.9. The number of pyridine rings is 1. The van der Waals surface area contributed by atoms with E-state index in [4.69, 9.17) is 29.7 Å². The molecular weight excluding hydrogens is 631 g/mol. The van der Waals surface area contributed by atoms with Crippen LogP contribution in [0.15, 0.2) is 24.4 Å². The van der Waals surface area contributed by atoms with Crippen LogP contribution < -0.4 is 0 Å². The Hall–Kier alpha value is -3.72. The fourth-order valence-corrected chi connectivity index (χ4v) is 3.78. The highest BCUT2D eigenvalue weighted by Gasteiger charge is 2.49. The monoisotopic (exact) mass is 660 g/mol. The van der Waals surface area contributed by atoms with Gasteiger partial charge in [-0.05, 0) is 32.0 Å². The first-order valence-electron chi connectivity index (χ1n) is 12.1. The van der Waals surface area contributed by atoms with Crippen molar-refractivity contribution in [3.63, 3.8) is 0 Å². The second-order valence-corrected chi connectivity index (χ2v) is 8.97. The molecule has 0 bridgehead atoms. The maximum Gasteiger partial charge on any atom is 0.490 e. The van der Waals surface area contributed by atoms with Crippen LogP contribution >= 0.6 is 0 Å². The van der Waals surface area contributed by atoms with E-state index in [0.29, 0.717) is 6.54 Å². The molecule has 0 aliphatic carbocycles. The first kappa shape index (κ1) is 40.3. The van der Waals surface area contributed by atoms with E-state index in [1.165, 1.54) is 0 Å². The van der Waals surface area contributed by atoms with Gasteiger partial charge in [-0.3, -0.25) is 19.6 Å². The number of likely N-dealkylation sites (N-methyl/N-ethyl adjacent to an activating group) is 1. The van der Waals surface area contributed by atoms with Gasteiger partial charge in [-0.15, -0.1) is 0 Å². The molecule has 1 aromatic heterocycles. The summed E-state index contributed by atoms with van der Waals surface area (Å²) in [5.74, 6) is -8.08. The number of carboxylic acids is 3. The van der Waals surface area contributed by atoms with E-state index in [1.54, 1.807) is 0 Å². The number of aliphatic hydroxyl groups excluding tert-OH is 1. The third-order valence-corrected chi connectivity index (χ3v) is 6.01. The first-order valence-corrected chi connectivity index (χ1v) is 12.1. The Labute approximate surface area is 243 Å². The molecule has 0 unspecified atom stereocenters. The van der Waals surface area contributed by atoms with Crippen molar-refractivity contribution in [3.8, 4) is 0 Å². The molecule has 2 aliphatic heterocycles. The quantitative estimate of drug-likeness (QED) is 0.349. The average Bonchev–Trinajstić information content (AvgIpc) is 2.90. The van der Waals surface area contributed by atoms with Crippen LogP contribution in [-0.2, 0) is 25.7 Å². The highest BCUT2D eigenvalue weighted by atomic mass is 19.4. The lowest BCUT2D eigenvalue weighted by Gasteiger charge is -2.51. The zero-order valence-electron chi connectivity index (χ0n) is 22.8. The van der Waals surface area contributed by atoms with Crippen LogP contribution in [0.4, 0.5) is 39.5 Å².